The quantitative estimate of drug-likeness (QED) is 0.927. The molecular formula is C13H13ClFN3. The highest BCUT2D eigenvalue weighted by Gasteiger charge is 2.08. The average Bonchev–Trinajstić information content (AvgIpc) is 2.39. The van der Waals surface area contributed by atoms with Crippen LogP contribution < -0.4 is 10.6 Å². The molecule has 3 nitrogen and oxygen atoms in total. The van der Waals surface area contributed by atoms with E-state index in [9.17, 15) is 4.39 Å². The van der Waals surface area contributed by atoms with Gasteiger partial charge in [-0.1, -0.05) is 11.6 Å². The predicted molar refractivity (Wildman–Crippen MR) is 71.6 cm³/mol. The molecule has 0 amide bonds. The molecule has 0 radical (unpaired) electrons. The molecule has 94 valence electrons. The van der Waals surface area contributed by atoms with Gasteiger partial charge >= 0.3 is 0 Å². The van der Waals surface area contributed by atoms with Crippen molar-refractivity contribution >= 4 is 23.1 Å². The standard InChI is InChI=1S/C13H13ClFN3/c1-18(10-4-2-9(15)3-5-10)13-7-6-11(14)12(8-16)17-13/h2-7H,8,16H2,1H3. The third-order valence-electron chi connectivity index (χ3n) is 2.65. The van der Waals surface area contributed by atoms with E-state index in [0.29, 0.717) is 16.5 Å². The monoisotopic (exact) mass is 265 g/mol. The Kier molecular flexibility index (Phi) is 3.79. The van der Waals surface area contributed by atoms with Crippen molar-refractivity contribution in [2.24, 2.45) is 5.73 Å². The van der Waals surface area contributed by atoms with Crippen LogP contribution in [0.5, 0.6) is 0 Å². The van der Waals surface area contributed by atoms with Crippen LogP contribution in [0.15, 0.2) is 36.4 Å². The van der Waals surface area contributed by atoms with E-state index in [1.807, 2.05) is 11.9 Å². The van der Waals surface area contributed by atoms with Gasteiger partial charge in [0.2, 0.25) is 0 Å². The van der Waals surface area contributed by atoms with Crippen molar-refractivity contribution < 1.29 is 4.39 Å². The van der Waals surface area contributed by atoms with Gasteiger partial charge in [0, 0.05) is 19.3 Å². The first-order valence-corrected chi connectivity index (χ1v) is 5.84. The third kappa shape index (κ3) is 2.60. The number of anilines is 2. The maximum Gasteiger partial charge on any atom is 0.133 e. The average molecular weight is 266 g/mol. The molecule has 2 rings (SSSR count). The molecule has 0 aliphatic heterocycles. The van der Waals surface area contributed by atoms with Gasteiger partial charge in [0.1, 0.15) is 11.6 Å². The minimum Gasteiger partial charge on any atom is -0.329 e. The molecule has 1 heterocycles. The number of pyridine rings is 1. The first-order valence-electron chi connectivity index (χ1n) is 5.46. The Labute approximate surface area is 110 Å². The number of hydrogen-bond acceptors (Lipinski definition) is 3. The summed E-state index contributed by atoms with van der Waals surface area (Å²) in [5.41, 5.74) is 7.05. The highest BCUT2D eigenvalue weighted by Crippen LogP contribution is 2.24. The van der Waals surface area contributed by atoms with Crippen molar-refractivity contribution in [2.75, 3.05) is 11.9 Å². The molecule has 2 N–H and O–H groups in total. The van der Waals surface area contributed by atoms with Crippen LogP contribution in [0.2, 0.25) is 5.02 Å². The summed E-state index contributed by atoms with van der Waals surface area (Å²) in [6.07, 6.45) is 0. The van der Waals surface area contributed by atoms with Gasteiger partial charge in [0.25, 0.3) is 0 Å². The van der Waals surface area contributed by atoms with Gasteiger partial charge in [-0.05, 0) is 36.4 Å². The van der Waals surface area contributed by atoms with Crippen LogP contribution in [-0.4, -0.2) is 12.0 Å². The Morgan fingerprint density at radius 2 is 1.89 bits per heavy atom. The van der Waals surface area contributed by atoms with E-state index in [-0.39, 0.29) is 12.4 Å². The first kappa shape index (κ1) is 12.8. The fraction of sp³-hybridized carbons (Fsp3) is 0.154. The van der Waals surface area contributed by atoms with Gasteiger partial charge in [-0.2, -0.15) is 0 Å². The molecule has 0 aliphatic rings. The molecule has 0 aliphatic carbocycles. The van der Waals surface area contributed by atoms with Crippen molar-refractivity contribution in [3.63, 3.8) is 0 Å². The highest BCUT2D eigenvalue weighted by molar-refractivity contribution is 6.31. The van der Waals surface area contributed by atoms with Crippen LogP contribution in [0, 0.1) is 5.82 Å². The number of nitrogens with zero attached hydrogens (tertiary/aromatic N) is 2. The van der Waals surface area contributed by atoms with Crippen molar-refractivity contribution in [3.05, 3.63) is 52.9 Å². The van der Waals surface area contributed by atoms with Gasteiger partial charge in [0.05, 0.1) is 10.7 Å². The SMILES string of the molecule is CN(c1ccc(F)cc1)c1ccc(Cl)c(CN)n1. The molecular weight excluding hydrogens is 253 g/mol. The molecule has 0 saturated carbocycles. The molecule has 18 heavy (non-hydrogen) atoms. The van der Waals surface area contributed by atoms with E-state index in [0.717, 1.165) is 5.69 Å². The van der Waals surface area contributed by atoms with Gasteiger partial charge in [-0.25, -0.2) is 9.37 Å². The smallest absolute Gasteiger partial charge is 0.133 e. The van der Waals surface area contributed by atoms with Crippen LogP contribution in [0.1, 0.15) is 5.69 Å². The van der Waals surface area contributed by atoms with Crippen LogP contribution >= 0.6 is 11.6 Å². The second-order valence-corrected chi connectivity index (χ2v) is 4.24. The zero-order valence-electron chi connectivity index (χ0n) is 9.90. The van der Waals surface area contributed by atoms with E-state index < -0.39 is 0 Å². The Morgan fingerprint density at radius 1 is 1.22 bits per heavy atom. The number of rotatable bonds is 3. The zero-order valence-corrected chi connectivity index (χ0v) is 10.7. The minimum atomic E-state index is -0.265. The number of hydrogen-bond donors (Lipinski definition) is 1. The molecule has 0 saturated heterocycles. The molecule has 1 aromatic carbocycles. The number of nitrogens with two attached hydrogens (primary N) is 1. The van der Waals surface area contributed by atoms with Gasteiger partial charge in [0.15, 0.2) is 0 Å². The second kappa shape index (κ2) is 5.33. The van der Waals surface area contributed by atoms with Crippen molar-refractivity contribution in [3.8, 4) is 0 Å². The maximum atomic E-state index is 12.9. The molecule has 0 fully saturated rings. The van der Waals surface area contributed by atoms with Crippen molar-refractivity contribution in [1.29, 1.82) is 0 Å². The Balaban J connectivity index is 2.33. The lowest BCUT2D eigenvalue weighted by molar-refractivity contribution is 0.628. The van der Waals surface area contributed by atoms with Gasteiger partial charge < -0.3 is 10.6 Å². The summed E-state index contributed by atoms with van der Waals surface area (Å²) in [5.74, 6) is 0.449. The number of aromatic nitrogens is 1. The maximum absolute atomic E-state index is 12.9. The number of benzene rings is 1. The van der Waals surface area contributed by atoms with Gasteiger partial charge in [-0.3, -0.25) is 0 Å². The minimum absolute atomic E-state index is 0.265. The second-order valence-electron chi connectivity index (χ2n) is 3.84. The van der Waals surface area contributed by atoms with Crippen LogP contribution in [0.25, 0.3) is 0 Å². The topological polar surface area (TPSA) is 42.1 Å². The van der Waals surface area contributed by atoms with Crippen molar-refractivity contribution in [1.82, 2.24) is 4.98 Å². The first-order chi connectivity index (χ1) is 8.61. The molecule has 2 aromatic rings. The van der Waals surface area contributed by atoms with Crippen LogP contribution in [-0.2, 0) is 6.54 Å². The van der Waals surface area contributed by atoms with E-state index in [1.165, 1.54) is 12.1 Å². The van der Waals surface area contributed by atoms with E-state index in [2.05, 4.69) is 4.98 Å². The van der Waals surface area contributed by atoms with Crippen LogP contribution in [0.3, 0.4) is 0 Å². The Hall–Kier alpha value is -1.65. The summed E-state index contributed by atoms with van der Waals surface area (Å²) >= 11 is 5.96. The molecule has 0 unspecified atom stereocenters. The fourth-order valence-corrected chi connectivity index (χ4v) is 1.78. The van der Waals surface area contributed by atoms with Crippen LogP contribution in [0.4, 0.5) is 15.9 Å². The lowest BCUT2D eigenvalue weighted by atomic mass is 10.2. The van der Waals surface area contributed by atoms with E-state index >= 15 is 0 Å². The number of halogens is 2. The predicted octanol–water partition coefficient (Wildman–Crippen LogP) is 3.10. The lowest BCUT2D eigenvalue weighted by Gasteiger charge is -2.19. The summed E-state index contributed by atoms with van der Waals surface area (Å²) in [5, 5.41) is 0.550. The molecule has 5 heteroatoms. The Morgan fingerprint density at radius 3 is 2.50 bits per heavy atom. The Bertz CT molecular complexity index is 542. The summed E-state index contributed by atoms with van der Waals surface area (Å²) in [4.78, 5) is 6.21. The normalized spacial score (nSPS) is 10.4. The lowest BCUT2D eigenvalue weighted by Crippen LogP contribution is -2.13. The summed E-state index contributed by atoms with van der Waals surface area (Å²) in [6.45, 7) is 0.282. The van der Waals surface area contributed by atoms with E-state index in [1.54, 1.807) is 24.3 Å². The van der Waals surface area contributed by atoms with Crippen molar-refractivity contribution in [2.45, 2.75) is 6.54 Å². The van der Waals surface area contributed by atoms with Gasteiger partial charge in [-0.15, -0.1) is 0 Å². The molecule has 0 bridgehead atoms. The highest BCUT2D eigenvalue weighted by atomic mass is 35.5. The summed E-state index contributed by atoms with van der Waals surface area (Å²) < 4.78 is 12.9. The zero-order chi connectivity index (χ0) is 13.1. The molecule has 0 spiro atoms. The summed E-state index contributed by atoms with van der Waals surface area (Å²) in [6, 6.07) is 9.75. The van der Waals surface area contributed by atoms with E-state index in [4.69, 9.17) is 17.3 Å². The third-order valence-corrected chi connectivity index (χ3v) is 3.00. The molecule has 1 aromatic heterocycles. The summed E-state index contributed by atoms with van der Waals surface area (Å²) in [7, 11) is 1.85. The largest absolute Gasteiger partial charge is 0.329 e. The molecule has 0 atom stereocenters. The fourth-order valence-electron chi connectivity index (χ4n) is 1.60.